The van der Waals surface area contributed by atoms with Gasteiger partial charge in [0.05, 0.1) is 0 Å². The summed E-state index contributed by atoms with van der Waals surface area (Å²) in [5.74, 6) is 0. The van der Waals surface area contributed by atoms with Gasteiger partial charge in [-0.3, -0.25) is 4.90 Å². The van der Waals surface area contributed by atoms with Gasteiger partial charge in [0, 0.05) is 52.4 Å². The predicted molar refractivity (Wildman–Crippen MR) is 81.6 cm³/mol. The van der Waals surface area contributed by atoms with Crippen LogP contribution in [-0.4, -0.2) is 87.7 Å². The van der Waals surface area contributed by atoms with Gasteiger partial charge < -0.3 is 15.1 Å². The molecule has 1 N–H and O–H groups in total. The molecule has 2 heterocycles. The molecule has 0 amide bonds. The number of piperidine rings is 1. The van der Waals surface area contributed by atoms with Gasteiger partial charge in [-0.25, -0.2) is 0 Å². The zero-order valence-corrected chi connectivity index (χ0v) is 13.1. The maximum absolute atomic E-state index is 3.56. The quantitative estimate of drug-likeness (QED) is 0.786. The summed E-state index contributed by atoms with van der Waals surface area (Å²) in [7, 11) is 4.32. The van der Waals surface area contributed by atoms with Crippen molar-refractivity contribution in [1.29, 1.82) is 0 Å². The van der Waals surface area contributed by atoms with Crippen LogP contribution in [0.1, 0.15) is 19.8 Å². The fraction of sp³-hybridized carbons (Fsp3) is 1.00. The van der Waals surface area contributed by atoms with Gasteiger partial charge in [0.1, 0.15) is 0 Å². The van der Waals surface area contributed by atoms with Crippen molar-refractivity contribution in [2.24, 2.45) is 5.41 Å². The molecule has 1 atom stereocenters. The molecule has 2 aliphatic rings. The standard InChI is InChI=1S/C15H32N4/c1-15(5-4-6-16-13-15)14-19-11-9-18(10-12-19)8-7-17(2)3/h16H,4-14H2,1-3H3. The van der Waals surface area contributed by atoms with E-state index in [2.05, 4.69) is 41.0 Å². The third-order valence-electron chi connectivity index (χ3n) is 4.62. The normalized spacial score (nSPS) is 30.9. The van der Waals surface area contributed by atoms with Crippen LogP contribution in [0.25, 0.3) is 0 Å². The molecule has 0 radical (unpaired) electrons. The van der Waals surface area contributed by atoms with Crippen molar-refractivity contribution in [3.63, 3.8) is 0 Å². The SMILES string of the molecule is CN(C)CCN1CCN(CC2(C)CCCNC2)CC1. The Labute approximate surface area is 119 Å². The van der Waals surface area contributed by atoms with Crippen molar-refractivity contribution in [2.45, 2.75) is 19.8 Å². The molecule has 112 valence electrons. The molecule has 0 saturated carbocycles. The topological polar surface area (TPSA) is 21.8 Å². The lowest BCUT2D eigenvalue weighted by molar-refractivity contribution is 0.0760. The number of rotatable bonds is 5. The van der Waals surface area contributed by atoms with E-state index in [1.54, 1.807) is 0 Å². The Hall–Kier alpha value is -0.160. The lowest BCUT2D eigenvalue weighted by Gasteiger charge is -2.42. The summed E-state index contributed by atoms with van der Waals surface area (Å²) in [6.07, 6.45) is 2.74. The van der Waals surface area contributed by atoms with Crippen LogP contribution in [0.3, 0.4) is 0 Å². The molecule has 4 nitrogen and oxygen atoms in total. The highest BCUT2D eigenvalue weighted by Crippen LogP contribution is 2.26. The van der Waals surface area contributed by atoms with Gasteiger partial charge in [0.2, 0.25) is 0 Å². The van der Waals surface area contributed by atoms with Crippen molar-refractivity contribution in [3.05, 3.63) is 0 Å². The highest BCUT2D eigenvalue weighted by atomic mass is 15.3. The van der Waals surface area contributed by atoms with Crippen LogP contribution < -0.4 is 5.32 Å². The molecule has 0 spiro atoms. The van der Waals surface area contributed by atoms with E-state index in [4.69, 9.17) is 0 Å². The number of hydrogen-bond acceptors (Lipinski definition) is 4. The molecule has 1 unspecified atom stereocenters. The molecule has 2 fully saturated rings. The Morgan fingerprint density at radius 1 is 1.11 bits per heavy atom. The first-order chi connectivity index (χ1) is 9.07. The van der Waals surface area contributed by atoms with Crippen LogP contribution in [0.2, 0.25) is 0 Å². The Bertz CT molecular complexity index is 253. The second-order valence-corrected chi connectivity index (χ2v) is 7.01. The van der Waals surface area contributed by atoms with Crippen LogP contribution in [0, 0.1) is 5.41 Å². The molecule has 2 aliphatic heterocycles. The highest BCUT2D eigenvalue weighted by Gasteiger charge is 2.30. The van der Waals surface area contributed by atoms with Gasteiger partial charge in [-0.05, 0) is 38.9 Å². The minimum atomic E-state index is 0.504. The van der Waals surface area contributed by atoms with E-state index >= 15 is 0 Å². The van der Waals surface area contributed by atoms with Crippen LogP contribution in [0.15, 0.2) is 0 Å². The minimum absolute atomic E-state index is 0.504. The van der Waals surface area contributed by atoms with Crippen LogP contribution in [0.4, 0.5) is 0 Å². The number of hydrogen-bond donors (Lipinski definition) is 1. The smallest absolute Gasteiger partial charge is 0.0110 e. The Morgan fingerprint density at radius 3 is 2.37 bits per heavy atom. The van der Waals surface area contributed by atoms with Crippen LogP contribution in [0.5, 0.6) is 0 Å². The van der Waals surface area contributed by atoms with Crippen molar-refractivity contribution >= 4 is 0 Å². The fourth-order valence-corrected chi connectivity index (χ4v) is 3.31. The maximum Gasteiger partial charge on any atom is 0.0110 e. The monoisotopic (exact) mass is 268 g/mol. The van der Waals surface area contributed by atoms with Gasteiger partial charge in [-0.2, -0.15) is 0 Å². The summed E-state index contributed by atoms with van der Waals surface area (Å²) >= 11 is 0. The summed E-state index contributed by atoms with van der Waals surface area (Å²) in [5.41, 5.74) is 0.504. The minimum Gasteiger partial charge on any atom is -0.316 e. The summed E-state index contributed by atoms with van der Waals surface area (Å²) in [4.78, 5) is 7.57. The highest BCUT2D eigenvalue weighted by molar-refractivity contribution is 4.86. The molecule has 2 saturated heterocycles. The lowest BCUT2D eigenvalue weighted by Crippen LogP contribution is -2.53. The average molecular weight is 268 g/mol. The molecule has 0 bridgehead atoms. The average Bonchev–Trinajstić information content (AvgIpc) is 2.38. The van der Waals surface area contributed by atoms with Gasteiger partial charge >= 0.3 is 0 Å². The van der Waals surface area contributed by atoms with Gasteiger partial charge in [-0.15, -0.1) is 0 Å². The van der Waals surface area contributed by atoms with Crippen molar-refractivity contribution in [2.75, 3.05) is 73.0 Å². The first-order valence-corrected chi connectivity index (χ1v) is 7.88. The van der Waals surface area contributed by atoms with Crippen LogP contribution >= 0.6 is 0 Å². The lowest BCUT2D eigenvalue weighted by atomic mass is 9.82. The summed E-state index contributed by atoms with van der Waals surface area (Å²) in [6.45, 7) is 13.6. The van der Waals surface area contributed by atoms with Crippen molar-refractivity contribution in [3.8, 4) is 0 Å². The van der Waals surface area contributed by atoms with Crippen molar-refractivity contribution < 1.29 is 0 Å². The fourth-order valence-electron chi connectivity index (χ4n) is 3.31. The molecular weight excluding hydrogens is 236 g/mol. The second kappa shape index (κ2) is 7.02. The number of nitrogens with one attached hydrogen (secondary N) is 1. The Balaban J connectivity index is 1.68. The molecule has 0 aliphatic carbocycles. The van der Waals surface area contributed by atoms with Crippen LogP contribution in [-0.2, 0) is 0 Å². The predicted octanol–water partition coefficient (Wildman–Crippen LogP) is 0.555. The van der Waals surface area contributed by atoms with E-state index in [0.717, 1.165) is 0 Å². The zero-order valence-electron chi connectivity index (χ0n) is 13.1. The molecule has 19 heavy (non-hydrogen) atoms. The third kappa shape index (κ3) is 5.03. The third-order valence-corrected chi connectivity index (χ3v) is 4.62. The van der Waals surface area contributed by atoms with Gasteiger partial charge in [0.15, 0.2) is 0 Å². The van der Waals surface area contributed by atoms with E-state index in [0.29, 0.717) is 5.41 Å². The Kier molecular flexibility index (Phi) is 5.63. The molecule has 0 aromatic carbocycles. The zero-order chi connectivity index (χ0) is 13.7. The Morgan fingerprint density at radius 2 is 1.79 bits per heavy atom. The van der Waals surface area contributed by atoms with E-state index in [-0.39, 0.29) is 0 Å². The largest absolute Gasteiger partial charge is 0.316 e. The summed E-state index contributed by atoms with van der Waals surface area (Å²) < 4.78 is 0. The molecule has 4 heteroatoms. The van der Waals surface area contributed by atoms with Gasteiger partial charge in [-0.1, -0.05) is 6.92 Å². The molecular formula is C15H32N4. The molecule has 0 aromatic rings. The first kappa shape index (κ1) is 15.2. The number of nitrogens with zero attached hydrogens (tertiary/aromatic N) is 3. The molecule has 0 aromatic heterocycles. The van der Waals surface area contributed by atoms with E-state index in [9.17, 15) is 0 Å². The number of likely N-dealkylation sites (N-methyl/N-ethyl adjacent to an activating group) is 1. The molecule has 2 rings (SSSR count). The van der Waals surface area contributed by atoms with Crippen molar-refractivity contribution in [1.82, 2.24) is 20.0 Å². The van der Waals surface area contributed by atoms with E-state index in [1.165, 1.54) is 71.7 Å². The van der Waals surface area contributed by atoms with Gasteiger partial charge in [0.25, 0.3) is 0 Å². The summed E-state index contributed by atoms with van der Waals surface area (Å²) in [6, 6.07) is 0. The number of piperazine rings is 1. The van der Waals surface area contributed by atoms with E-state index < -0.39 is 0 Å². The maximum atomic E-state index is 3.56. The summed E-state index contributed by atoms with van der Waals surface area (Å²) in [5, 5.41) is 3.56. The first-order valence-electron chi connectivity index (χ1n) is 7.88. The second-order valence-electron chi connectivity index (χ2n) is 7.01. The van der Waals surface area contributed by atoms with E-state index in [1.807, 2.05) is 0 Å².